The molecule has 1 spiro atoms. The summed E-state index contributed by atoms with van der Waals surface area (Å²) in [5.41, 5.74) is 2.56. The van der Waals surface area contributed by atoms with Crippen LogP contribution in [0.2, 0.25) is 0 Å². The van der Waals surface area contributed by atoms with Gasteiger partial charge in [-0.15, -0.1) is 0 Å². The summed E-state index contributed by atoms with van der Waals surface area (Å²) in [6.45, 7) is 3.62. The third-order valence-corrected chi connectivity index (χ3v) is 5.67. The standard InChI is InChI=1S/C21H22F3N5O3/c1-19(2)11-20(9-15(25)17(19)30)12-28(7-8-32-20)18(31)14-10-29(13-3-5-26-6-4-13)27-16(14)21(22,23)24/h3-6,9-10H,7-8,11-12,25H2,1-2H3. The molecule has 3 heterocycles. The summed E-state index contributed by atoms with van der Waals surface area (Å²) in [4.78, 5) is 30.7. The molecule has 4 rings (SSSR count). The monoisotopic (exact) mass is 449 g/mol. The lowest BCUT2D eigenvalue weighted by atomic mass is 9.71. The molecule has 32 heavy (non-hydrogen) atoms. The van der Waals surface area contributed by atoms with E-state index in [2.05, 4.69) is 10.1 Å². The molecule has 170 valence electrons. The average Bonchev–Trinajstić information content (AvgIpc) is 3.18. The molecule has 0 aromatic carbocycles. The smallest absolute Gasteiger partial charge is 0.396 e. The van der Waals surface area contributed by atoms with E-state index in [-0.39, 0.29) is 37.6 Å². The van der Waals surface area contributed by atoms with E-state index in [1.165, 1.54) is 35.5 Å². The first-order chi connectivity index (χ1) is 14.9. The Morgan fingerprint density at radius 1 is 1.25 bits per heavy atom. The predicted octanol–water partition coefficient (Wildman–Crippen LogP) is 2.34. The van der Waals surface area contributed by atoms with Crippen molar-refractivity contribution in [3.8, 4) is 5.69 Å². The van der Waals surface area contributed by atoms with Gasteiger partial charge in [-0.3, -0.25) is 14.6 Å². The van der Waals surface area contributed by atoms with E-state index in [1.807, 2.05) is 0 Å². The number of aromatic nitrogens is 3. The number of nitrogens with zero attached hydrogens (tertiary/aromatic N) is 4. The quantitative estimate of drug-likeness (QED) is 0.755. The van der Waals surface area contributed by atoms with E-state index in [1.54, 1.807) is 13.8 Å². The Morgan fingerprint density at radius 3 is 2.56 bits per heavy atom. The normalized spacial score (nSPS) is 23.3. The van der Waals surface area contributed by atoms with Crippen LogP contribution < -0.4 is 5.73 Å². The molecule has 8 nitrogen and oxygen atoms in total. The van der Waals surface area contributed by atoms with Gasteiger partial charge in [-0.05, 0) is 24.6 Å². The number of ether oxygens (including phenoxy) is 1. The predicted molar refractivity (Wildman–Crippen MR) is 107 cm³/mol. The first-order valence-corrected chi connectivity index (χ1v) is 9.96. The molecule has 0 radical (unpaired) electrons. The van der Waals surface area contributed by atoms with Gasteiger partial charge in [0, 0.05) is 30.6 Å². The molecular weight excluding hydrogens is 427 g/mol. The van der Waals surface area contributed by atoms with Crippen molar-refractivity contribution in [2.75, 3.05) is 19.7 Å². The highest BCUT2D eigenvalue weighted by atomic mass is 19.4. The topological polar surface area (TPSA) is 103 Å². The Kier molecular flexibility index (Phi) is 5.11. The van der Waals surface area contributed by atoms with Crippen LogP contribution in [0.3, 0.4) is 0 Å². The molecule has 1 unspecified atom stereocenters. The lowest BCUT2D eigenvalue weighted by molar-refractivity contribution is -0.142. The Hall–Kier alpha value is -3.21. The molecule has 0 bridgehead atoms. The fourth-order valence-electron chi connectivity index (χ4n) is 4.33. The molecular formula is C21H22F3N5O3. The molecule has 1 fully saturated rings. The van der Waals surface area contributed by atoms with E-state index in [0.717, 1.165) is 10.9 Å². The number of halogens is 3. The Balaban J connectivity index is 1.69. The van der Waals surface area contributed by atoms with Crippen molar-refractivity contribution >= 4 is 11.7 Å². The number of hydrogen-bond acceptors (Lipinski definition) is 6. The van der Waals surface area contributed by atoms with Crippen LogP contribution in [-0.4, -0.2) is 56.7 Å². The van der Waals surface area contributed by atoms with Crippen molar-refractivity contribution in [3.05, 3.63) is 53.8 Å². The molecule has 1 amide bonds. The Labute approximate surface area is 181 Å². The van der Waals surface area contributed by atoms with Gasteiger partial charge in [-0.2, -0.15) is 18.3 Å². The van der Waals surface area contributed by atoms with Gasteiger partial charge in [0.2, 0.25) is 0 Å². The summed E-state index contributed by atoms with van der Waals surface area (Å²) in [6.07, 6.45) is 0.815. The maximum Gasteiger partial charge on any atom is 0.435 e. The van der Waals surface area contributed by atoms with Crippen LogP contribution in [0, 0.1) is 5.41 Å². The summed E-state index contributed by atoms with van der Waals surface area (Å²) >= 11 is 0. The largest absolute Gasteiger partial charge is 0.435 e. The molecule has 11 heteroatoms. The van der Waals surface area contributed by atoms with Crippen LogP contribution in [-0.2, 0) is 15.7 Å². The molecule has 1 saturated heterocycles. The Bertz CT molecular complexity index is 1090. The van der Waals surface area contributed by atoms with Crippen LogP contribution in [0.5, 0.6) is 0 Å². The van der Waals surface area contributed by atoms with Gasteiger partial charge < -0.3 is 15.4 Å². The van der Waals surface area contributed by atoms with Gasteiger partial charge in [-0.25, -0.2) is 4.68 Å². The number of alkyl halides is 3. The van der Waals surface area contributed by atoms with E-state index < -0.39 is 34.4 Å². The highest BCUT2D eigenvalue weighted by Crippen LogP contribution is 2.41. The number of pyridine rings is 1. The van der Waals surface area contributed by atoms with Gasteiger partial charge in [0.05, 0.1) is 30.1 Å². The van der Waals surface area contributed by atoms with Crippen molar-refractivity contribution in [3.63, 3.8) is 0 Å². The number of nitrogens with two attached hydrogens (primary N) is 1. The fraction of sp³-hybridized carbons (Fsp3) is 0.429. The number of amides is 1. The number of rotatable bonds is 2. The average molecular weight is 449 g/mol. The number of Topliss-reactive ketones (excluding diaryl/α,β-unsaturated/α-hetero) is 1. The molecule has 2 aromatic heterocycles. The van der Waals surface area contributed by atoms with Crippen LogP contribution in [0.25, 0.3) is 5.69 Å². The lowest BCUT2D eigenvalue weighted by Crippen LogP contribution is -2.57. The number of hydrogen-bond donors (Lipinski definition) is 1. The van der Waals surface area contributed by atoms with Gasteiger partial charge in [0.15, 0.2) is 11.5 Å². The van der Waals surface area contributed by atoms with Crippen molar-refractivity contribution in [2.45, 2.75) is 32.0 Å². The van der Waals surface area contributed by atoms with Crippen LogP contribution in [0.4, 0.5) is 13.2 Å². The molecule has 2 aromatic rings. The molecule has 2 N–H and O–H groups in total. The lowest BCUT2D eigenvalue weighted by Gasteiger charge is -2.46. The van der Waals surface area contributed by atoms with Crippen LogP contribution in [0.1, 0.15) is 36.3 Å². The molecule has 1 aliphatic heterocycles. The minimum absolute atomic E-state index is 0.0250. The minimum Gasteiger partial charge on any atom is -0.396 e. The fourth-order valence-corrected chi connectivity index (χ4v) is 4.33. The van der Waals surface area contributed by atoms with Gasteiger partial charge in [0.25, 0.3) is 5.91 Å². The van der Waals surface area contributed by atoms with E-state index in [9.17, 15) is 22.8 Å². The Morgan fingerprint density at radius 2 is 1.94 bits per heavy atom. The molecule has 1 atom stereocenters. The maximum atomic E-state index is 13.7. The van der Waals surface area contributed by atoms with Crippen LogP contribution >= 0.6 is 0 Å². The SMILES string of the molecule is CC1(C)CC2(C=C(N)C1=O)CN(C(=O)c1cn(-c3ccncc3)nc1C(F)(F)F)CCO2. The summed E-state index contributed by atoms with van der Waals surface area (Å²) < 4.78 is 48.0. The number of ketones is 1. The number of allylic oxidation sites excluding steroid dienone is 1. The van der Waals surface area contributed by atoms with Crippen molar-refractivity contribution in [1.82, 2.24) is 19.7 Å². The van der Waals surface area contributed by atoms with Crippen LogP contribution in [0.15, 0.2) is 42.5 Å². The molecule has 2 aliphatic rings. The highest BCUT2D eigenvalue weighted by Gasteiger charge is 2.49. The second-order valence-corrected chi connectivity index (χ2v) is 8.67. The van der Waals surface area contributed by atoms with Gasteiger partial charge >= 0.3 is 6.18 Å². The number of morpholine rings is 1. The maximum absolute atomic E-state index is 13.7. The zero-order chi connectivity index (χ0) is 23.3. The second-order valence-electron chi connectivity index (χ2n) is 8.67. The number of carbonyl (C=O) groups is 2. The van der Waals surface area contributed by atoms with Crippen molar-refractivity contribution < 1.29 is 27.5 Å². The summed E-state index contributed by atoms with van der Waals surface area (Å²) in [6, 6.07) is 2.97. The molecule has 0 saturated carbocycles. The third kappa shape index (κ3) is 3.88. The van der Waals surface area contributed by atoms with Gasteiger partial charge in [0.1, 0.15) is 5.60 Å². The van der Waals surface area contributed by atoms with Crippen molar-refractivity contribution in [2.24, 2.45) is 11.1 Å². The first-order valence-electron chi connectivity index (χ1n) is 9.96. The zero-order valence-corrected chi connectivity index (χ0v) is 17.5. The third-order valence-electron chi connectivity index (χ3n) is 5.67. The van der Waals surface area contributed by atoms with E-state index in [0.29, 0.717) is 5.69 Å². The molecule has 1 aliphatic carbocycles. The summed E-state index contributed by atoms with van der Waals surface area (Å²) in [5.74, 6) is -1.05. The second kappa shape index (κ2) is 7.44. The first kappa shape index (κ1) is 22.0. The summed E-state index contributed by atoms with van der Waals surface area (Å²) in [7, 11) is 0. The minimum atomic E-state index is -4.82. The van der Waals surface area contributed by atoms with Gasteiger partial charge in [-0.1, -0.05) is 13.8 Å². The highest BCUT2D eigenvalue weighted by molar-refractivity contribution is 6.00. The van der Waals surface area contributed by atoms with E-state index in [4.69, 9.17) is 10.5 Å². The number of carbonyl (C=O) groups excluding carboxylic acids is 2. The summed E-state index contributed by atoms with van der Waals surface area (Å²) in [5, 5.41) is 3.63. The van der Waals surface area contributed by atoms with E-state index >= 15 is 0 Å². The van der Waals surface area contributed by atoms with Crippen molar-refractivity contribution in [1.29, 1.82) is 0 Å². The zero-order valence-electron chi connectivity index (χ0n) is 17.5.